The molecule has 0 radical (unpaired) electrons. The van der Waals surface area contributed by atoms with Crippen molar-refractivity contribution < 1.29 is 9.53 Å². The molecule has 7 heteroatoms. The maximum Gasteiger partial charge on any atom is 0.318 e. The van der Waals surface area contributed by atoms with E-state index in [2.05, 4.69) is 19.8 Å². The van der Waals surface area contributed by atoms with Crippen LogP contribution in [0.15, 0.2) is 12.4 Å². The zero-order valence-electron chi connectivity index (χ0n) is 13.5. The van der Waals surface area contributed by atoms with Crippen LogP contribution in [0.1, 0.15) is 18.7 Å². The van der Waals surface area contributed by atoms with Crippen molar-refractivity contribution in [2.45, 2.75) is 32.0 Å². The van der Waals surface area contributed by atoms with E-state index in [1.165, 1.54) is 0 Å². The largest absolute Gasteiger partial charge is 0.379 e. The van der Waals surface area contributed by atoms with Gasteiger partial charge in [0.05, 0.1) is 19.8 Å². The molecule has 1 atom stereocenters. The Morgan fingerprint density at radius 2 is 2.13 bits per heavy atom. The van der Waals surface area contributed by atoms with Crippen molar-refractivity contribution in [1.29, 1.82) is 0 Å². The van der Waals surface area contributed by atoms with Gasteiger partial charge in [0, 0.05) is 57.1 Å². The number of rotatable bonds is 3. The molecule has 0 aromatic carbocycles. The van der Waals surface area contributed by atoms with E-state index in [0.29, 0.717) is 18.5 Å². The van der Waals surface area contributed by atoms with Crippen molar-refractivity contribution in [3.8, 4) is 0 Å². The number of hydrogen-bond donors (Lipinski definition) is 1. The maximum atomic E-state index is 12.5. The van der Waals surface area contributed by atoms with E-state index in [1.54, 1.807) is 0 Å². The first-order valence-electron chi connectivity index (χ1n) is 8.63. The molecule has 2 fully saturated rings. The smallest absolute Gasteiger partial charge is 0.318 e. The van der Waals surface area contributed by atoms with Crippen LogP contribution in [0.2, 0.25) is 0 Å². The lowest BCUT2D eigenvalue weighted by Gasteiger charge is -2.31. The summed E-state index contributed by atoms with van der Waals surface area (Å²) in [5.74, 6) is 1.41. The maximum absolute atomic E-state index is 12.5. The number of aromatic nitrogens is 2. The highest BCUT2D eigenvalue weighted by molar-refractivity contribution is 5.74. The molecule has 1 saturated heterocycles. The fourth-order valence-electron chi connectivity index (χ4n) is 3.45. The van der Waals surface area contributed by atoms with Crippen molar-refractivity contribution in [3.05, 3.63) is 18.2 Å². The number of fused-ring (bicyclic) bond motifs is 1. The molecule has 126 valence electrons. The fraction of sp³-hybridized carbons (Fsp3) is 0.750. The van der Waals surface area contributed by atoms with Crippen LogP contribution >= 0.6 is 0 Å². The summed E-state index contributed by atoms with van der Waals surface area (Å²) in [5, 5.41) is 3.11. The second kappa shape index (κ2) is 6.49. The number of nitrogens with zero attached hydrogens (tertiary/aromatic N) is 4. The zero-order chi connectivity index (χ0) is 15.6. The standard InChI is InChI=1S/C16H25N5O2/c22-16(18-14-1-2-14)21-11-13(9-19-5-7-23-8-6-19)10-20-4-3-17-15(20)12-21/h3-4,13-14H,1-2,5-12H2,(H,18,22)/t13-/m1/s1. The van der Waals surface area contributed by atoms with Gasteiger partial charge in [0.25, 0.3) is 0 Å². The Morgan fingerprint density at radius 1 is 1.30 bits per heavy atom. The SMILES string of the molecule is O=C(NC1CC1)N1Cc2nccn2C[C@@H](CN2CCOCC2)C1. The molecule has 2 aliphatic heterocycles. The number of morpholine rings is 1. The van der Waals surface area contributed by atoms with Gasteiger partial charge in [0.15, 0.2) is 0 Å². The quantitative estimate of drug-likeness (QED) is 0.882. The van der Waals surface area contributed by atoms with Gasteiger partial charge in [-0.05, 0) is 12.8 Å². The summed E-state index contributed by atoms with van der Waals surface area (Å²) in [7, 11) is 0. The van der Waals surface area contributed by atoms with Gasteiger partial charge in [0.1, 0.15) is 5.82 Å². The Hall–Kier alpha value is -1.60. The lowest BCUT2D eigenvalue weighted by molar-refractivity contribution is 0.0277. The van der Waals surface area contributed by atoms with Gasteiger partial charge in [-0.1, -0.05) is 0 Å². The van der Waals surface area contributed by atoms with E-state index in [1.807, 2.05) is 17.3 Å². The lowest BCUT2D eigenvalue weighted by Crippen LogP contribution is -2.46. The number of carbonyl (C=O) groups is 1. The molecule has 3 heterocycles. The molecule has 2 amide bonds. The van der Waals surface area contributed by atoms with E-state index < -0.39 is 0 Å². The molecule has 1 aromatic heterocycles. The predicted molar refractivity (Wildman–Crippen MR) is 84.9 cm³/mol. The first-order chi connectivity index (χ1) is 11.3. The van der Waals surface area contributed by atoms with Crippen LogP contribution in [0.3, 0.4) is 0 Å². The Labute approximate surface area is 136 Å². The zero-order valence-corrected chi connectivity index (χ0v) is 13.5. The highest BCUT2D eigenvalue weighted by atomic mass is 16.5. The molecule has 0 spiro atoms. The van der Waals surface area contributed by atoms with Gasteiger partial charge in [-0.15, -0.1) is 0 Å². The first-order valence-corrected chi connectivity index (χ1v) is 8.63. The van der Waals surface area contributed by atoms with Crippen molar-refractivity contribution >= 4 is 6.03 Å². The van der Waals surface area contributed by atoms with E-state index >= 15 is 0 Å². The van der Waals surface area contributed by atoms with E-state index in [9.17, 15) is 4.79 Å². The molecule has 23 heavy (non-hydrogen) atoms. The third kappa shape index (κ3) is 3.67. The van der Waals surface area contributed by atoms with E-state index in [0.717, 1.165) is 64.6 Å². The number of hydrogen-bond acceptors (Lipinski definition) is 4. The molecule has 1 saturated carbocycles. The van der Waals surface area contributed by atoms with Gasteiger partial charge in [-0.2, -0.15) is 0 Å². The molecule has 3 aliphatic rings. The van der Waals surface area contributed by atoms with Gasteiger partial charge >= 0.3 is 6.03 Å². The van der Waals surface area contributed by atoms with Crippen molar-refractivity contribution in [1.82, 2.24) is 24.7 Å². The molecular formula is C16H25N5O2. The van der Waals surface area contributed by atoms with Crippen LogP contribution in [0.5, 0.6) is 0 Å². The van der Waals surface area contributed by atoms with Crippen molar-refractivity contribution in [2.75, 3.05) is 39.4 Å². The molecule has 4 rings (SSSR count). The minimum absolute atomic E-state index is 0.0657. The summed E-state index contributed by atoms with van der Waals surface area (Å²) >= 11 is 0. The minimum Gasteiger partial charge on any atom is -0.379 e. The average molecular weight is 319 g/mol. The molecule has 1 N–H and O–H groups in total. The van der Waals surface area contributed by atoms with Crippen LogP contribution in [-0.4, -0.2) is 70.8 Å². The van der Waals surface area contributed by atoms with E-state index in [-0.39, 0.29) is 6.03 Å². The first kappa shape index (κ1) is 15.0. The van der Waals surface area contributed by atoms with E-state index in [4.69, 9.17) is 4.74 Å². The van der Waals surface area contributed by atoms with Crippen LogP contribution in [-0.2, 0) is 17.8 Å². The predicted octanol–water partition coefficient (Wildman–Crippen LogP) is 0.519. The average Bonchev–Trinajstić information content (AvgIpc) is 3.30. The fourth-order valence-corrected chi connectivity index (χ4v) is 3.45. The third-order valence-electron chi connectivity index (χ3n) is 4.88. The summed E-state index contributed by atoms with van der Waals surface area (Å²) in [6.45, 7) is 6.94. The summed E-state index contributed by atoms with van der Waals surface area (Å²) < 4.78 is 7.64. The van der Waals surface area contributed by atoms with Gasteiger partial charge in [-0.25, -0.2) is 9.78 Å². The van der Waals surface area contributed by atoms with Gasteiger partial charge < -0.3 is 19.5 Å². The second-order valence-corrected chi connectivity index (χ2v) is 6.88. The Bertz CT molecular complexity index is 550. The summed E-state index contributed by atoms with van der Waals surface area (Å²) in [6, 6.07) is 0.458. The molecule has 0 bridgehead atoms. The monoisotopic (exact) mass is 319 g/mol. The Morgan fingerprint density at radius 3 is 2.91 bits per heavy atom. The third-order valence-corrected chi connectivity index (χ3v) is 4.88. The Balaban J connectivity index is 1.45. The minimum atomic E-state index is 0.0657. The number of amides is 2. The normalized spacial score (nSPS) is 25.7. The number of imidazole rings is 1. The molecule has 0 unspecified atom stereocenters. The molecule has 7 nitrogen and oxygen atoms in total. The van der Waals surface area contributed by atoms with Crippen molar-refractivity contribution in [3.63, 3.8) is 0 Å². The second-order valence-electron chi connectivity index (χ2n) is 6.88. The van der Waals surface area contributed by atoms with Gasteiger partial charge in [-0.3, -0.25) is 4.90 Å². The van der Waals surface area contributed by atoms with Crippen molar-refractivity contribution in [2.24, 2.45) is 5.92 Å². The number of ether oxygens (including phenoxy) is 1. The number of urea groups is 1. The summed E-state index contributed by atoms with van der Waals surface area (Å²) in [5.41, 5.74) is 0. The van der Waals surface area contributed by atoms with Crippen LogP contribution < -0.4 is 5.32 Å². The lowest BCUT2D eigenvalue weighted by atomic mass is 10.1. The summed E-state index contributed by atoms with van der Waals surface area (Å²) in [4.78, 5) is 21.3. The highest BCUT2D eigenvalue weighted by Gasteiger charge is 2.30. The summed E-state index contributed by atoms with van der Waals surface area (Å²) in [6.07, 6.45) is 6.10. The highest BCUT2D eigenvalue weighted by Crippen LogP contribution is 2.21. The topological polar surface area (TPSA) is 62.6 Å². The molecule has 1 aliphatic carbocycles. The molecule has 1 aromatic rings. The Kier molecular flexibility index (Phi) is 4.22. The van der Waals surface area contributed by atoms with Crippen LogP contribution in [0.25, 0.3) is 0 Å². The number of carbonyl (C=O) groups excluding carboxylic acids is 1. The number of nitrogens with one attached hydrogen (secondary N) is 1. The van der Waals surface area contributed by atoms with Crippen LogP contribution in [0, 0.1) is 5.92 Å². The van der Waals surface area contributed by atoms with Gasteiger partial charge in [0.2, 0.25) is 0 Å². The molecular weight excluding hydrogens is 294 g/mol. The van der Waals surface area contributed by atoms with Crippen LogP contribution in [0.4, 0.5) is 4.79 Å².